The van der Waals surface area contributed by atoms with Gasteiger partial charge in [-0.3, -0.25) is 0 Å². The lowest BCUT2D eigenvalue weighted by molar-refractivity contribution is 0.294. The summed E-state index contributed by atoms with van der Waals surface area (Å²) in [5.74, 6) is 1.86. The zero-order chi connectivity index (χ0) is 11.5. The van der Waals surface area contributed by atoms with E-state index in [2.05, 4.69) is 25.1 Å². The normalized spacial score (nSPS) is 17.2. The van der Waals surface area contributed by atoms with Crippen molar-refractivity contribution in [2.75, 3.05) is 6.61 Å². The van der Waals surface area contributed by atoms with Crippen molar-refractivity contribution in [2.24, 2.45) is 11.7 Å². The molecular formula is C14H21NO. The summed E-state index contributed by atoms with van der Waals surface area (Å²) in [6.07, 6.45) is 3.55. The fourth-order valence-electron chi connectivity index (χ4n) is 1.91. The first kappa shape index (κ1) is 11.5. The molecule has 16 heavy (non-hydrogen) atoms. The SMILES string of the molecule is Cc1cccc(CC(C)N)c1OCC1CC1. The second-order valence-corrected chi connectivity index (χ2v) is 5.00. The van der Waals surface area contributed by atoms with E-state index in [1.165, 1.54) is 24.0 Å². The summed E-state index contributed by atoms with van der Waals surface area (Å²) >= 11 is 0. The van der Waals surface area contributed by atoms with E-state index in [1.807, 2.05) is 6.92 Å². The smallest absolute Gasteiger partial charge is 0.125 e. The van der Waals surface area contributed by atoms with Crippen LogP contribution in [0.5, 0.6) is 5.75 Å². The monoisotopic (exact) mass is 219 g/mol. The van der Waals surface area contributed by atoms with Gasteiger partial charge in [-0.05, 0) is 50.2 Å². The van der Waals surface area contributed by atoms with Crippen molar-refractivity contribution in [3.63, 3.8) is 0 Å². The summed E-state index contributed by atoms with van der Waals surface area (Å²) < 4.78 is 5.94. The lowest BCUT2D eigenvalue weighted by Gasteiger charge is -2.15. The van der Waals surface area contributed by atoms with Gasteiger partial charge >= 0.3 is 0 Å². The molecule has 0 aromatic heterocycles. The van der Waals surface area contributed by atoms with Gasteiger partial charge in [0, 0.05) is 6.04 Å². The van der Waals surface area contributed by atoms with E-state index < -0.39 is 0 Å². The molecule has 0 heterocycles. The number of rotatable bonds is 5. The maximum absolute atomic E-state index is 5.94. The molecule has 0 bridgehead atoms. The zero-order valence-corrected chi connectivity index (χ0v) is 10.2. The Hall–Kier alpha value is -1.02. The number of ether oxygens (including phenoxy) is 1. The summed E-state index contributed by atoms with van der Waals surface area (Å²) in [6.45, 7) is 5.01. The van der Waals surface area contributed by atoms with Gasteiger partial charge in [0.2, 0.25) is 0 Å². The predicted octanol–water partition coefficient (Wildman–Crippen LogP) is 2.67. The first-order chi connectivity index (χ1) is 7.66. The second-order valence-electron chi connectivity index (χ2n) is 5.00. The molecule has 0 aliphatic heterocycles. The Balaban J connectivity index is 2.10. The second kappa shape index (κ2) is 4.88. The number of aryl methyl sites for hydroxylation is 1. The highest BCUT2D eigenvalue weighted by atomic mass is 16.5. The Bertz CT molecular complexity index is 356. The van der Waals surface area contributed by atoms with E-state index in [0.717, 1.165) is 24.7 Å². The fraction of sp³-hybridized carbons (Fsp3) is 0.571. The van der Waals surface area contributed by atoms with Gasteiger partial charge in [0.25, 0.3) is 0 Å². The third kappa shape index (κ3) is 2.99. The van der Waals surface area contributed by atoms with E-state index in [9.17, 15) is 0 Å². The summed E-state index contributed by atoms with van der Waals surface area (Å²) in [5.41, 5.74) is 8.32. The van der Waals surface area contributed by atoms with Crippen LogP contribution in [0.15, 0.2) is 18.2 Å². The number of hydrogen-bond donors (Lipinski definition) is 1. The van der Waals surface area contributed by atoms with Gasteiger partial charge in [0.15, 0.2) is 0 Å². The third-order valence-corrected chi connectivity index (χ3v) is 3.00. The molecule has 2 rings (SSSR count). The van der Waals surface area contributed by atoms with E-state index >= 15 is 0 Å². The van der Waals surface area contributed by atoms with Crippen LogP contribution in [-0.2, 0) is 6.42 Å². The molecule has 0 radical (unpaired) electrons. The molecule has 88 valence electrons. The standard InChI is InChI=1S/C14H21NO/c1-10-4-3-5-13(8-11(2)15)14(10)16-9-12-6-7-12/h3-5,11-12H,6-9,15H2,1-2H3. The van der Waals surface area contributed by atoms with Crippen LogP contribution in [0.1, 0.15) is 30.9 Å². The van der Waals surface area contributed by atoms with Crippen LogP contribution < -0.4 is 10.5 Å². The first-order valence-corrected chi connectivity index (χ1v) is 6.13. The Morgan fingerprint density at radius 3 is 2.81 bits per heavy atom. The lowest BCUT2D eigenvalue weighted by Crippen LogP contribution is -2.18. The molecule has 1 aliphatic carbocycles. The molecular weight excluding hydrogens is 198 g/mol. The molecule has 1 aliphatic rings. The molecule has 2 heteroatoms. The van der Waals surface area contributed by atoms with Gasteiger partial charge in [0.1, 0.15) is 5.75 Å². The van der Waals surface area contributed by atoms with Crippen LogP contribution in [0.25, 0.3) is 0 Å². The molecule has 1 aromatic rings. The third-order valence-electron chi connectivity index (χ3n) is 3.00. The van der Waals surface area contributed by atoms with Crippen molar-refractivity contribution in [2.45, 2.75) is 39.2 Å². The molecule has 1 unspecified atom stereocenters. The lowest BCUT2D eigenvalue weighted by atomic mass is 10.0. The molecule has 2 nitrogen and oxygen atoms in total. The average Bonchev–Trinajstić information content (AvgIpc) is 2.99. The Labute approximate surface area is 97.8 Å². The Morgan fingerprint density at radius 2 is 2.19 bits per heavy atom. The fourth-order valence-corrected chi connectivity index (χ4v) is 1.91. The van der Waals surface area contributed by atoms with Crippen LogP contribution in [-0.4, -0.2) is 12.6 Å². The highest BCUT2D eigenvalue weighted by Gasteiger charge is 2.22. The molecule has 1 fully saturated rings. The van der Waals surface area contributed by atoms with Crippen LogP contribution >= 0.6 is 0 Å². The molecule has 1 aromatic carbocycles. The minimum Gasteiger partial charge on any atom is -0.493 e. The van der Waals surface area contributed by atoms with E-state index in [1.54, 1.807) is 0 Å². The minimum absolute atomic E-state index is 0.185. The summed E-state index contributed by atoms with van der Waals surface area (Å²) in [5, 5.41) is 0. The van der Waals surface area contributed by atoms with Crippen molar-refractivity contribution >= 4 is 0 Å². The average molecular weight is 219 g/mol. The molecule has 0 spiro atoms. The van der Waals surface area contributed by atoms with E-state index in [4.69, 9.17) is 10.5 Å². The van der Waals surface area contributed by atoms with Crippen molar-refractivity contribution in [1.82, 2.24) is 0 Å². The number of para-hydroxylation sites is 1. The topological polar surface area (TPSA) is 35.2 Å². The van der Waals surface area contributed by atoms with Crippen molar-refractivity contribution in [3.8, 4) is 5.75 Å². The van der Waals surface area contributed by atoms with E-state index in [0.29, 0.717) is 0 Å². The molecule has 1 saturated carbocycles. The largest absolute Gasteiger partial charge is 0.493 e. The maximum Gasteiger partial charge on any atom is 0.125 e. The summed E-state index contributed by atoms with van der Waals surface area (Å²) in [6, 6.07) is 6.49. The molecule has 1 atom stereocenters. The Morgan fingerprint density at radius 1 is 1.44 bits per heavy atom. The zero-order valence-electron chi connectivity index (χ0n) is 10.2. The predicted molar refractivity (Wildman–Crippen MR) is 66.8 cm³/mol. The summed E-state index contributed by atoms with van der Waals surface area (Å²) in [7, 11) is 0. The van der Waals surface area contributed by atoms with Crippen LogP contribution in [0.2, 0.25) is 0 Å². The molecule has 0 amide bonds. The molecule has 0 saturated heterocycles. The highest BCUT2D eigenvalue weighted by Crippen LogP contribution is 2.31. The van der Waals surface area contributed by atoms with Crippen molar-refractivity contribution in [3.05, 3.63) is 29.3 Å². The number of hydrogen-bond acceptors (Lipinski definition) is 2. The summed E-state index contributed by atoms with van der Waals surface area (Å²) in [4.78, 5) is 0. The molecule has 2 N–H and O–H groups in total. The number of benzene rings is 1. The quantitative estimate of drug-likeness (QED) is 0.826. The first-order valence-electron chi connectivity index (χ1n) is 6.13. The van der Waals surface area contributed by atoms with Crippen LogP contribution in [0.4, 0.5) is 0 Å². The van der Waals surface area contributed by atoms with Crippen molar-refractivity contribution < 1.29 is 4.74 Å². The van der Waals surface area contributed by atoms with Gasteiger partial charge in [-0.2, -0.15) is 0 Å². The van der Waals surface area contributed by atoms with Crippen LogP contribution in [0.3, 0.4) is 0 Å². The maximum atomic E-state index is 5.94. The van der Waals surface area contributed by atoms with Crippen molar-refractivity contribution in [1.29, 1.82) is 0 Å². The van der Waals surface area contributed by atoms with Gasteiger partial charge in [0.05, 0.1) is 6.61 Å². The number of nitrogens with two attached hydrogens (primary N) is 1. The van der Waals surface area contributed by atoms with Crippen LogP contribution in [0, 0.1) is 12.8 Å². The minimum atomic E-state index is 0.185. The highest BCUT2D eigenvalue weighted by molar-refractivity contribution is 5.41. The van der Waals surface area contributed by atoms with Gasteiger partial charge in [-0.15, -0.1) is 0 Å². The Kier molecular flexibility index (Phi) is 3.49. The van der Waals surface area contributed by atoms with Gasteiger partial charge in [-0.1, -0.05) is 18.2 Å². The van der Waals surface area contributed by atoms with Gasteiger partial charge < -0.3 is 10.5 Å². The van der Waals surface area contributed by atoms with Gasteiger partial charge in [-0.25, -0.2) is 0 Å². The van der Waals surface area contributed by atoms with E-state index in [-0.39, 0.29) is 6.04 Å².